The maximum Gasteiger partial charge on any atom is 0.305 e. The number of amides is 5. The first kappa shape index (κ1) is 46.6. The number of nitrogens with one attached hydrogen (secondary N) is 5. The molecule has 55 heavy (non-hydrogen) atoms. The Bertz CT molecular complexity index is 1420. The maximum absolute atomic E-state index is 13.4. The van der Waals surface area contributed by atoms with Gasteiger partial charge in [-0.2, -0.15) is 0 Å². The summed E-state index contributed by atoms with van der Waals surface area (Å²) in [4.78, 5) is 77.0. The Morgan fingerprint density at radius 2 is 1.44 bits per heavy atom. The van der Waals surface area contributed by atoms with Gasteiger partial charge in [0.2, 0.25) is 29.5 Å². The molecule has 0 aliphatic carbocycles. The van der Waals surface area contributed by atoms with Crippen LogP contribution in [0.2, 0.25) is 0 Å². The summed E-state index contributed by atoms with van der Waals surface area (Å²) in [5, 5.41) is 33.2. The Balaban J connectivity index is 2.26. The highest BCUT2D eigenvalue weighted by atomic mass is 16.5. The number of carbonyl (C=O) groups is 6. The Morgan fingerprint density at radius 3 is 2.05 bits per heavy atom. The minimum Gasteiger partial charge on any atom is -0.508 e. The lowest BCUT2D eigenvalue weighted by atomic mass is 10.0. The zero-order valence-electron chi connectivity index (χ0n) is 32.8. The summed E-state index contributed by atoms with van der Waals surface area (Å²) in [5.74, 6) is -2.80. The number of carboxylic acid groups (broad SMARTS) is 1. The molecule has 16 nitrogen and oxygen atoms in total. The van der Waals surface area contributed by atoms with E-state index in [-0.39, 0.29) is 101 Å². The zero-order valence-corrected chi connectivity index (χ0v) is 32.8. The van der Waals surface area contributed by atoms with Gasteiger partial charge < -0.3 is 52.0 Å². The molecule has 1 aromatic rings. The van der Waals surface area contributed by atoms with Crippen molar-refractivity contribution in [3.63, 3.8) is 0 Å². The maximum atomic E-state index is 13.4. The highest BCUT2D eigenvalue weighted by molar-refractivity contribution is 5.83. The molecule has 16 heteroatoms. The zero-order chi connectivity index (χ0) is 40.9. The molecular formula is C39H62N6O10. The average Bonchev–Trinajstić information content (AvgIpc) is 3.05. The van der Waals surface area contributed by atoms with Gasteiger partial charge in [-0.15, -0.1) is 0 Å². The van der Waals surface area contributed by atoms with E-state index in [4.69, 9.17) is 15.2 Å². The van der Waals surface area contributed by atoms with Crippen molar-refractivity contribution in [1.29, 1.82) is 0 Å². The van der Waals surface area contributed by atoms with E-state index in [1.807, 2.05) is 27.7 Å². The van der Waals surface area contributed by atoms with Crippen LogP contribution in [0.4, 0.5) is 0 Å². The summed E-state index contributed by atoms with van der Waals surface area (Å²) in [5.41, 5.74) is 6.87. The molecule has 1 heterocycles. The fourth-order valence-electron chi connectivity index (χ4n) is 5.99. The molecule has 5 amide bonds. The van der Waals surface area contributed by atoms with Crippen molar-refractivity contribution in [3.05, 3.63) is 42.0 Å². The molecule has 2 rings (SSSR count). The van der Waals surface area contributed by atoms with Gasteiger partial charge >= 0.3 is 5.97 Å². The van der Waals surface area contributed by atoms with Crippen LogP contribution in [0.3, 0.4) is 0 Å². The number of benzene rings is 1. The lowest BCUT2D eigenvalue weighted by Gasteiger charge is -2.24. The number of carbonyl (C=O) groups excluding carboxylic acids is 5. The standard InChI is InChI=1S/C39H62N6O10/c1-24(2)14-28(20-39(52)53)42-36(49)18-30-22-54-12-6-7-13-55-23-31(45-38(51)21-33(40)25(3)4)19-37(50)43-29(16-27-8-10-32(46)11-9-27)17-35(48)41-26(5)15-34(47)44-30/h6-11,24-26,28-31,33,46H,12-23,40H2,1-5H3,(H,41,48)(H,42,49)(H,43,50)(H,44,47)(H,45,51)(H,52,53)/b7-6+/t26-,28-,29+,30?,31+,33+/m0/s1. The quantitative estimate of drug-likeness (QED) is 0.133. The number of aromatic hydroxyl groups is 1. The largest absolute Gasteiger partial charge is 0.508 e. The Labute approximate surface area is 324 Å². The predicted molar refractivity (Wildman–Crippen MR) is 206 cm³/mol. The highest BCUT2D eigenvalue weighted by Crippen LogP contribution is 2.14. The molecule has 308 valence electrons. The lowest BCUT2D eigenvalue weighted by molar-refractivity contribution is -0.138. The van der Waals surface area contributed by atoms with Crippen molar-refractivity contribution >= 4 is 35.5 Å². The van der Waals surface area contributed by atoms with Crippen LogP contribution in [0.1, 0.15) is 85.1 Å². The van der Waals surface area contributed by atoms with Gasteiger partial charge in [0, 0.05) is 56.3 Å². The van der Waals surface area contributed by atoms with Crippen molar-refractivity contribution in [2.75, 3.05) is 26.4 Å². The molecule has 6 atom stereocenters. The molecule has 1 aromatic carbocycles. The van der Waals surface area contributed by atoms with Crippen molar-refractivity contribution < 1.29 is 48.5 Å². The van der Waals surface area contributed by atoms with Crippen LogP contribution in [0, 0.1) is 11.8 Å². The lowest BCUT2D eigenvalue weighted by Crippen LogP contribution is -2.48. The minimum atomic E-state index is -1.03. The van der Waals surface area contributed by atoms with Crippen LogP contribution in [0.15, 0.2) is 36.4 Å². The molecule has 1 aliphatic rings. The van der Waals surface area contributed by atoms with Crippen LogP contribution in [0.5, 0.6) is 5.75 Å². The first-order chi connectivity index (χ1) is 26.0. The van der Waals surface area contributed by atoms with E-state index in [0.717, 1.165) is 5.56 Å². The van der Waals surface area contributed by atoms with E-state index < -0.39 is 59.8 Å². The third-order valence-electron chi connectivity index (χ3n) is 8.76. The normalized spacial score (nSPS) is 22.9. The second-order valence-electron chi connectivity index (χ2n) is 15.1. The molecule has 1 unspecified atom stereocenters. The molecule has 0 saturated heterocycles. The van der Waals surface area contributed by atoms with E-state index in [2.05, 4.69) is 26.6 Å². The average molecular weight is 775 g/mol. The Morgan fingerprint density at radius 1 is 0.836 bits per heavy atom. The number of nitrogens with two attached hydrogens (primary N) is 1. The molecular weight excluding hydrogens is 712 g/mol. The number of phenolic OH excluding ortho intramolecular Hbond substituents is 1. The van der Waals surface area contributed by atoms with Gasteiger partial charge in [-0.25, -0.2) is 0 Å². The molecule has 0 saturated carbocycles. The first-order valence-corrected chi connectivity index (χ1v) is 19.0. The monoisotopic (exact) mass is 774 g/mol. The topological polar surface area (TPSA) is 248 Å². The molecule has 0 fully saturated rings. The third-order valence-corrected chi connectivity index (χ3v) is 8.76. The van der Waals surface area contributed by atoms with Gasteiger partial charge in [0.15, 0.2) is 0 Å². The number of phenols is 1. The summed E-state index contributed by atoms with van der Waals surface area (Å²) >= 11 is 0. The molecule has 1 aliphatic heterocycles. The van der Waals surface area contributed by atoms with E-state index in [1.165, 1.54) is 12.1 Å². The highest BCUT2D eigenvalue weighted by Gasteiger charge is 2.25. The van der Waals surface area contributed by atoms with Crippen molar-refractivity contribution in [2.45, 2.75) is 122 Å². The van der Waals surface area contributed by atoms with E-state index in [9.17, 15) is 39.0 Å². The van der Waals surface area contributed by atoms with Crippen LogP contribution in [-0.4, -0.2) is 108 Å². The van der Waals surface area contributed by atoms with E-state index >= 15 is 0 Å². The number of aliphatic carboxylic acids is 1. The van der Waals surface area contributed by atoms with Gasteiger partial charge in [-0.3, -0.25) is 28.8 Å². The van der Waals surface area contributed by atoms with Gasteiger partial charge in [0.05, 0.1) is 44.9 Å². The van der Waals surface area contributed by atoms with Gasteiger partial charge in [0.25, 0.3) is 0 Å². The number of hydrogen-bond donors (Lipinski definition) is 8. The number of rotatable bonds is 13. The molecule has 9 N–H and O–H groups in total. The van der Waals surface area contributed by atoms with Crippen LogP contribution in [0.25, 0.3) is 0 Å². The fraction of sp³-hybridized carbons (Fsp3) is 0.641. The van der Waals surface area contributed by atoms with Crippen LogP contribution >= 0.6 is 0 Å². The van der Waals surface area contributed by atoms with E-state index in [1.54, 1.807) is 31.2 Å². The minimum absolute atomic E-state index is 0.00476. The second-order valence-corrected chi connectivity index (χ2v) is 15.1. The summed E-state index contributed by atoms with van der Waals surface area (Å²) in [6.07, 6.45) is 3.39. The smallest absolute Gasteiger partial charge is 0.305 e. The van der Waals surface area contributed by atoms with Crippen molar-refractivity contribution in [1.82, 2.24) is 26.6 Å². The Hall–Kier alpha value is -4.54. The molecule has 0 spiro atoms. The summed E-state index contributed by atoms with van der Waals surface area (Å²) < 4.78 is 11.5. The second kappa shape index (κ2) is 24.8. The van der Waals surface area contributed by atoms with Crippen LogP contribution < -0.4 is 32.3 Å². The SMILES string of the molecule is CC(C)C[C@@H](CC(=O)O)NC(=O)CC1COC/C=C/COC[C@H](NC(=O)C[C@@H](N)C(C)C)CC(=O)N[C@H](Cc2ccc(O)cc2)CC(=O)N[C@@H](C)CC(=O)N1. The van der Waals surface area contributed by atoms with Gasteiger partial charge in [-0.05, 0) is 49.3 Å². The van der Waals surface area contributed by atoms with Gasteiger partial charge in [0.1, 0.15) is 5.75 Å². The molecule has 0 bridgehead atoms. The summed E-state index contributed by atoms with van der Waals surface area (Å²) in [6.45, 7) is 9.57. The van der Waals surface area contributed by atoms with Crippen molar-refractivity contribution in [3.8, 4) is 5.75 Å². The summed E-state index contributed by atoms with van der Waals surface area (Å²) in [6, 6.07) is 2.68. The third kappa shape index (κ3) is 21.2. The predicted octanol–water partition coefficient (Wildman–Crippen LogP) is 1.44. The number of carboxylic acids is 1. The number of ether oxygens (including phenoxy) is 2. The molecule has 0 radical (unpaired) electrons. The van der Waals surface area contributed by atoms with Crippen molar-refractivity contribution in [2.24, 2.45) is 17.6 Å². The fourth-order valence-corrected chi connectivity index (χ4v) is 5.99. The van der Waals surface area contributed by atoms with Crippen LogP contribution in [-0.2, 0) is 44.7 Å². The Kier molecular flexibility index (Phi) is 21.0. The van der Waals surface area contributed by atoms with E-state index in [0.29, 0.717) is 6.42 Å². The summed E-state index contributed by atoms with van der Waals surface area (Å²) in [7, 11) is 0. The molecule has 0 aromatic heterocycles. The first-order valence-electron chi connectivity index (χ1n) is 19.0. The number of hydrogen-bond acceptors (Lipinski definition) is 10. The van der Waals surface area contributed by atoms with Gasteiger partial charge in [-0.1, -0.05) is 52.0 Å².